The van der Waals surface area contributed by atoms with E-state index in [1.54, 1.807) is 0 Å². The maximum atomic E-state index is 10.7. The van der Waals surface area contributed by atoms with Gasteiger partial charge in [-0.2, -0.15) is 0 Å². The van der Waals surface area contributed by atoms with Gasteiger partial charge in [0.2, 0.25) is 0 Å². The number of unbranched alkanes of at least 4 members (excludes halogenated alkanes) is 2. The fraction of sp³-hybridized carbons (Fsp3) is 0.619. The van der Waals surface area contributed by atoms with E-state index in [1.165, 1.54) is 18.4 Å². The van der Waals surface area contributed by atoms with Gasteiger partial charge in [0.05, 0.1) is 6.10 Å². The molecule has 1 aliphatic carbocycles. The van der Waals surface area contributed by atoms with Crippen molar-refractivity contribution in [3.8, 4) is 11.5 Å². The minimum Gasteiger partial charge on any atom is -0.508 e. The number of aliphatic hydroxyl groups is 1. The van der Waals surface area contributed by atoms with Crippen molar-refractivity contribution in [1.29, 1.82) is 0 Å². The number of rotatable bonds is 4. The maximum absolute atomic E-state index is 10.7. The fourth-order valence-corrected chi connectivity index (χ4v) is 4.55. The molecule has 24 heavy (non-hydrogen) atoms. The number of ether oxygens (including phenoxy) is 1. The molecule has 0 bridgehead atoms. The molecule has 132 valence electrons. The molecule has 0 radical (unpaired) electrons. The minimum absolute atomic E-state index is 0.0365. The second-order valence-electron chi connectivity index (χ2n) is 8.03. The number of phenols is 1. The minimum atomic E-state index is -0.532. The summed E-state index contributed by atoms with van der Waals surface area (Å²) in [6.45, 7) is 8.34. The Balaban J connectivity index is 2.00. The van der Waals surface area contributed by atoms with Crippen molar-refractivity contribution in [2.75, 3.05) is 0 Å². The van der Waals surface area contributed by atoms with Crippen molar-refractivity contribution < 1.29 is 14.9 Å². The summed E-state index contributed by atoms with van der Waals surface area (Å²) < 4.78 is 6.27. The van der Waals surface area contributed by atoms with E-state index in [1.807, 2.05) is 26.0 Å². The van der Waals surface area contributed by atoms with E-state index in [4.69, 9.17) is 4.74 Å². The van der Waals surface area contributed by atoms with Crippen molar-refractivity contribution in [3.63, 3.8) is 0 Å². The van der Waals surface area contributed by atoms with Gasteiger partial charge >= 0.3 is 0 Å². The first-order valence-corrected chi connectivity index (χ1v) is 9.23. The van der Waals surface area contributed by atoms with Crippen LogP contribution in [0.1, 0.15) is 70.4 Å². The lowest BCUT2D eigenvalue weighted by Crippen LogP contribution is -2.51. The molecule has 0 saturated heterocycles. The van der Waals surface area contributed by atoms with Crippen molar-refractivity contribution in [2.24, 2.45) is 5.92 Å². The molecule has 1 heterocycles. The van der Waals surface area contributed by atoms with Crippen LogP contribution in [0.15, 0.2) is 23.8 Å². The predicted octanol–water partition coefficient (Wildman–Crippen LogP) is 4.71. The molecule has 1 aromatic carbocycles. The smallest absolute Gasteiger partial charge is 0.127 e. The van der Waals surface area contributed by atoms with Crippen molar-refractivity contribution in [3.05, 3.63) is 34.9 Å². The van der Waals surface area contributed by atoms with Crippen molar-refractivity contribution in [2.45, 2.75) is 77.4 Å². The molecule has 3 atom stereocenters. The van der Waals surface area contributed by atoms with Gasteiger partial charge in [-0.15, -0.1) is 0 Å². The molecular weight excluding hydrogens is 300 g/mol. The van der Waals surface area contributed by atoms with E-state index in [0.717, 1.165) is 36.1 Å². The zero-order valence-electron chi connectivity index (χ0n) is 15.3. The highest BCUT2D eigenvalue weighted by Gasteiger charge is 2.49. The predicted molar refractivity (Wildman–Crippen MR) is 96.7 cm³/mol. The summed E-state index contributed by atoms with van der Waals surface area (Å²) in [5.41, 5.74) is 2.74. The quantitative estimate of drug-likeness (QED) is 0.621. The van der Waals surface area contributed by atoms with Gasteiger partial charge in [0, 0.05) is 17.4 Å². The van der Waals surface area contributed by atoms with Crippen LogP contribution in [0.2, 0.25) is 0 Å². The number of aliphatic hydroxyl groups excluding tert-OH is 1. The van der Waals surface area contributed by atoms with Gasteiger partial charge in [-0.3, -0.25) is 0 Å². The van der Waals surface area contributed by atoms with Crippen LogP contribution in [-0.2, 0) is 6.42 Å². The molecule has 0 amide bonds. The molecule has 0 fully saturated rings. The van der Waals surface area contributed by atoms with Crippen LogP contribution in [0, 0.1) is 5.92 Å². The Morgan fingerprint density at radius 3 is 2.71 bits per heavy atom. The molecule has 0 saturated carbocycles. The molecule has 0 unspecified atom stereocenters. The first-order valence-electron chi connectivity index (χ1n) is 9.23. The summed E-state index contributed by atoms with van der Waals surface area (Å²) in [4.78, 5) is 0. The third-order valence-electron chi connectivity index (χ3n) is 5.59. The fourth-order valence-electron chi connectivity index (χ4n) is 4.55. The molecule has 0 spiro atoms. The Morgan fingerprint density at radius 2 is 2.00 bits per heavy atom. The summed E-state index contributed by atoms with van der Waals surface area (Å²) >= 11 is 0. The number of aryl methyl sites for hydroxylation is 1. The third kappa shape index (κ3) is 3.06. The van der Waals surface area contributed by atoms with Crippen molar-refractivity contribution in [1.82, 2.24) is 0 Å². The van der Waals surface area contributed by atoms with Crippen LogP contribution in [0.5, 0.6) is 11.5 Å². The number of hydrogen-bond donors (Lipinski definition) is 2. The average molecular weight is 330 g/mol. The summed E-state index contributed by atoms with van der Waals surface area (Å²) in [6, 6.07) is 4.00. The summed E-state index contributed by atoms with van der Waals surface area (Å²) in [6.07, 6.45) is 6.76. The second-order valence-corrected chi connectivity index (χ2v) is 8.03. The Kier molecular flexibility index (Phi) is 4.65. The number of fused-ring (bicyclic) bond motifs is 3. The second kappa shape index (κ2) is 6.44. The molecular formula is C21H30O3. The summed E-state index contributed by atoms with van der Waals surface area (Å²) in [5, 5.41) is 21.3. The summed E-state index contributed by atoms with van der Waals surface area (Å²) in [5.74, 6) is 1.19. The van der Waals surface area contributed by atoms with E-state index < -0.39 is 11.7 Å². The van der Waals surface area contributed by atoms with Crippen LogP contribution in [0.3, 0.4) is 0 Å². The Labute approximate surface area is 145 Å². The van der Waals surface area contributed by atoms with Crippen molar-refractivity contribution >= 4 is 0 Å². The van der Waals surface area contributed by atoms with Gasteiger partial charge in [0.15, 0.2) is 0 Å². The number of allylic oxidation sites excluding steroid dienone is 1. The summed E-state index contributed by atoms with van der Waals surface area (Å²) in [7, 11) is 0. The molecule has 2 N–H and O–H groups in total. The topological polar surface area (TPSA) is 49.7 Å². The monoisotopic (exact) mass is 330 g/mol. The Hall–Kier alpha value is -1.48. The van der Waals surface area contributed by atoms with E-state index in [2.05, 4.69) is 19.9 Å². The first-order chi connectivity index (χ1) is 11.3. The van der Waals surface area contributed by atoms with Gasteiger partial charge in [0.25, 0.3) is 0 Å². The Morgan fingerprint density at radius 1 is 1.25 bits per heavy atom. The van der Waals surface area contributed by atoms with Crippen LogP contribution in [-0.4, -0.2) is 21.9 Å². The number of aromatic hydroxyl groups is 1. The lowest BCUT2D eigenvalue weighted by atomic mass is 9.66. The van der Waals surface area contributed by atoms with Gasteiger partial charge in [-0.1, -0.05) is 31.4 Å². The van der Waals surface area contributed by atoms with Crippen LogP contribution >= 0.6 is 0 Å². The molecule has 3 heteroatoms. The van der Waals surface area contributed by atoms with Gasteiger partial charge in [0.1, 0.15) is 17.1 Å². The van der Waals surface area contributed by atoms with Gasteiger partial charge < -0.3 is 14.9 Å². The third-order valence-corrected chi connectivity index (χ3v) is 5.59. The highest BCUT2D eigenvalue weighted by Crippen LogP contribution is 2.54. The number of hydrogen-bond acceptors (Lipinski definition) is 3. The van der Waals surface area contributed by atoms with Gasteiger partial charge in [-0.25, -0.2) is 0 Å². The largest absolute Gasteiger partial charge is 0.508 e. The van der Waals surface area contributed by atoms with E-state index in [9.17, 15) is 10.2 Å². The lowest BCUT2D eigenvalue weighted by molar-refractivity contribution is -0.0457. The molecule has 3 rings (SSSR count). The van der Waals surface area contributed by atoms with E-state index in [-0.39, 0.29) is 11.8 Å². The van der Waals surface area contributed by atoms with Crippen LogP contribution in [0.25, 0.3) is 0 Å². The maximum Gasteiger partial charge on any atom is 0.127 e. The molecule has 1 aromatic rings. The molecule has 2 aliphatic rings. The normalized spacial score (nSPS) is 27.7. The standard InChI is InChI=1S/C21H30O3/c1-5-6-7-8-14-11-16(22)19-15-9-13(2)10-17(23)20(15)21(3,4)24-18(19)12-14/h10-12,15,17,20,22-23H,5-9H2,1-4H3/t15-,17-,20+/m1/s1. The van der Waals surface area contributed by atoms with Gasteiger partial charge in [-0.05, 0) is 57.7 Å². The van der Waals surface area contributed by atoms with Crippen LogP contribution < -0.4 is 4.74 Å². The molecule has 3 nitrogen and oxygen atoms in total. The molecule has 0 aromatic heterocycles. The zero-order valence-corrected chi connectivity index (χ0v) is 15.3. The number of benzene rings is 1. The highest BCUT2D eigenvalue weighted by atomic mass is 16.5. The zero-order chi connectivity index (χ0) is 17.5. The Bertz CT molecular complexity index is 645. The molecule has 1 aliphatic heterocycles. The highest BCUT2D eigenvalue weighted by molar-refractivity contribution is 5.53. The average Bonchev–Trinajstić information content (AvgIpc) is 2.44. The number of phenolic OH excluding ortho intramolecular Hbond substituents is 1. The SMILES string of the molecule is CCCCCc1cc(O)c2c(c1)OC(C)(C)[C@@H]1[C@H](O)C=C(C)C[C@H]21. The lowest BCUT2D eigenvalue weighted by Gasteiger charge is -2.48. The first kappa shape index (κ1) is 17.3. The van der Waals surface area contributed by atoms with Crippen LogP contribution in [0.4, 0.5) is 0 Å². The van der Waals surface area contributed by atoms with E-state index >= 15 is 0 Å². The van der Waals surface area contributed by atoms with E-state index in [0.29, 0.717) is 5.75 Å².